The Balaban J connectivity index is 1.25. The summed E-state index contributed by atoms with van der Waals surface area (Å²) in [4.78, 5) is 21.5. The molecule has 1 atom stereocenters. The van der Waals surface area contributed by atoms with Gasteiger partial charge in [0.15, 0.2) is 0 Å². The molecule has 0 radical (unpaired) electrons. The monoisotopic (exact) mass is 518 g/mol. The summed E-state index contributed by atoms with van der Waals surface area (Å²) >= 11 is 0. The lowest BCUT2D eigenvalue weighted by atomic mass is 10.1. The summed E-state index contributed by atoms with van der Waals surface area (Å²) < 4.78 is 42.7. The molecule has 9 heteroatoms. The van der Waals surface area contributed by atoms with Crippen LogP contribution in [-0.4, -0.2) is 54.8 Å². The predicted octanol–water partition coefficient (Wildman–Crippen LogP) is 4.52. The highest BCUT2D eigenvalue weighted by molar-refractivity contribution is 7.93. The largest absolute Gasteiger partial charge is 0.333 e. The smallest absolute Gasteiger partial charge is 0.264 e. The van der Waals surface area contributed by atoms with E-state index in [9.17, 15) is 17.6 Å². The molecule has 3 aromatic carbocycles. The molecule has 1 aliphatic heterocycles. The zero-order valence-corrected chi connectivity index (χ0v) is 21.2. The molecule has 0 unspecified atom stereocenters. The molecule has 1 fully saturated rings. The molecule has 1 saturated heterocycles. The molecule has 2 heterocycles. The second-order valence-corrected chi connectivity index (χ2v) is 10.8. The van der Waals surface area contributed by atoms with Crippen LogP contribution in [0.5, 0.6) is 0 Å². The Kier molecular flexibility index (Phi) is 6.90. The van der Waals surface area contributed by atoms with Gasteiger partial charge in [-0.15, -0.1) is 0 Å². The lowest BCUT2D eigenvalue weighted by Gasteiger charge is -2.40. The third-order valence-corrected chi connectivity index (χ3v) is 8.01. The third-order valence-electron chi connectivity index (χ3n) is 6.59. The van der Waals surface area contributed by atoms with Crippen LogP contribution >= 0.6 is 0 Å². The van der Waals surface area contributed by atoms with E-state index in [-0.39, 0.29) is 22.7 Å². The normalized spacial score (nSPS) is 16.6. The number of nitrogens with one attached hydrogen (secondary N) is 1. The van der Waals surface area contributed by atoms with E-state index in [0.29, 0.717) is 48.5 Å². The van der Waals surface area contributed by atoms with E-state index in [0.717, 1.165) is 5.39 Å². The first-order valence-electron chi connectivity index (χ1n) is 12.1. The van der Waals surface area contributed by atoms with Crippen LogP contribution in [0.2, 0.25) is 0 Å². The van der Waals surface area contributed by atoms with Crippen molar-refractivity contribution in [2.45, 2.75) is 24.4 Å². The number of amides is 1. The highest BCUT2D eigenvalue weighted by Crippen LogP contribution is 2.24. The number of piperazine rings is 1. The van der Waals surface area contributed by atoms with E-state index in [1.165, 1.54) is 12.1 Å². The average Bonchev–Trinajstić information content (AvgIpc) is 2.89. The van der Waals surface area contributed by atoms with Crippen molar-refractivity contribution in [2.24, 2.45) is 0 Å². The summed E-state index contributed by atoms with van der Waals surface area (Å²) in [6.07, 6.45) is 1.56. The summed E-state index contributed by atoms with van der Waals surface area (Å²) in [5.41, 5.74) is 1.87. The lowest BCUT2D eigenvalue weighted by Crippen LogP contribution is -2.53. The molecule has 0 aliphatic carbocycles. The minimum atomic E-state index is -3.88. The first-order valence-corrected chi connectivity index (χ1v) is 13.5. The van der Waals surface area contributed by atoms with Crippen molar-refractivity contribution >= 4 is 32.5 Å². The van der Waals surface area contributed by atoms with E-state index < -0.39 is 10.0 Å². The van der Waals surface area contributed by atoms with E-state index in [2.05, 4.69) is 14.6 Å². The van der Waals surface area contributed by atoms with Crippen LogP contribution < -0.4 is 4.72 Å². The van der Waals surface area contributed by atoms with E-state index in [1.54, 1.807) is 59.6 Å². The zero-order chi connectivity index (χ0) is 26.0. The van der Waals surface area contributed by atoms with Gasteiger partial charge in [-0.3, -0.25) is 19.4 Å². The molecule has 5 rings (SSSR count). The van der Waals surface area contributed by atoms with E-state index in [4.69, 9.17) is 0 Å². The topological polar surface area (TPSA) is 82.6 Å². The molecule has 37 heavy (non-hydrogen) atoms. The van der Waals surface area contributed by atoms with Crippen LogP contribution in [0.3, 0.4) is 0 Å². The van der Waals surface area contributed by atoms with Crippen molar-refractivity contribution in [3.8, 4) is 0 Å². The van der Waals surface area contributed by atoms with Gasteiger partial charge in [0.25, 0.3) is 15.9 Å². The molecular weight excluding hydrogens is 491 g/mol. The Hall–Kier alpha value is -3.82. The standard InChI is InChI=1S/C28H27FN4O3S/c1-20-18-32(19-23-6-2-3-9-25(23)29)16-17-33(20)28(34)22-11-13-24(14-12-22)31-37(35,36)26-10-4-7-21-8-5-15-30-27(21)26/h2-15,20,31H,16-19H2,1H3/t20-/m1/s1. The number of anilines is 1. The minimum Gasteiger partial charge on any atom is -0.333 e. The first-order chi connectivity index (χ1) is 17.8. The van der Waals surface area contributed by atoms with Gasteiger partial charge in [0.05, 0.1) is 5.52 Å². The maximum atomic E-state index is 14.0. The molecule has 0 saturated carbocycles. The molecule has 1 amide bonds. The molecule has 1 N–H and O–H groups in total. The number of sulfonamides is 1. The molecule has 0 bridgehead atoms. The third kappa shape index (κ3) is 5.33. The Labute approximate surface area is 215 Å². The van der Waals surface area contributed by atoms with Crippen LogP contribution in [0.1, 0.15) is 22.8 Å². The van der Waals surface area contributed by atoms with Gasteiger partial charge in [-0.25, -0.2) is 12.8 Å². The molecule has 1 aromatic heterocycles. The number of rotatable bonds is 6. The Morgan fingerprint density at radius 2 is 1.76 bits per heavy atom. The number of benzene rings is 3. The first kappa shape index (κ1) is 24.9. The van der Waals surface area contributed by atoms with Crippen LogP contribution in [0.4, 0.5) is 10.1 Å². The van der Waals surface area contributed by atoms with Crippen molar-refractivity contribution in [2.75, 3.05) is 24.4 Å². The second kappa shape index (κ2) is 10.3. The Bertz CT molecular complexity index is 1540. The van der Waals surface area contributed by atoms with Crippen molar-refractivity contribution < 1.29 is 17.6 Å². The van der Waals surface area contributed by atoms with Gasteiger partial charge in [0.1, 0.15) is 10.7 Å². The SMILES string of the molecule is C[C@@H]1CN(Cc2ccccc2F)CCN1C(=O)c1ccc(NS(=O)(=O)c2cccc3cccnc23)cc1. The second-order valence-electron chi connectivity index (χ2n) is 9.19. The number of hydrogen-bond donors (Lipinski definition) is 1. The van der Waals surface area contributed by atoms with Gasteiger partial charge in [-0.2, -0.15) is 0 Å². The number of aromatic nitrogens is 1. The van der Waals surface area contributed by atoms with Gasteiger partial charge < -0.3 is 4.90 Å². The van der Waals surface area contributed by atoms with Crippen LogP contribution in [-0.2, 0) is 16.6 Å². The molecule has 190 valence electrons. The van der Waals surface area contributed by atoms with Gasteiger partial charge in [-0.05, 0) is 49.4 Å². The highest BCUT2D eigenvalue weighted by atomic mass is 32.2. The number of carbonyl (C=O) groups excluding carboxylic acids is 1. The molecule has 1 aliphatic rings. The molecular formula is C28H27FN4O3S. The Morgan fingerprint density at radius 1 is 1.00 bits per heavy atom. The Morgan fingerprint density at radius 3 is 2.51 bits per heavy atom. The van der Waals surface area contributed by atoms with Crippen LogP contribution in [0.25, 0.3) is 10.9 Å². The number of halogens is 1. The summed E-state index contributed by atoms with van der Waals surface area (Å²) in [5.74, 6) is -0.341. The number of para-hydroxylation sites is 1. The highest BCUT2D eigenvalue weighted by Gasteiger charge is 2.28. The molecule has 7 nitrogen and oxygen atoms in total. The minimum absolute atomic E-state index is 0.0509. The fraction of sp³-hybridized carbons (Fsp3) is 0.214. The summed E-state index contributed by atoms with van der Waals surface area (Å²) in [6, 6.07) is 21.7. The quantitative estimate of drug-likeness (QED) is 0.406. The fourth-order valence-corrected chi connectivity index (χ4v) is 5.93. The number of hydrogen-bond acceptors (Lipinski definition) is 5. The number of fused-ring (bicyclic) bond motifs is 1. The van der Waals surface area contributed by atoms with E-state index in [1.807, 2.05) is 25.1 Å². The summed E-state index contributed by atoms with van der Waals surface area (Å²) in [5, 5.41) is 0.731. The van der Waals surface area contributed by atoms with E-state index >= 15 is 0 Å². The fourth-order valence-electron chi connectivity index (χ4n) is 4.70. The van der Waals surface area contributed by atoms with Crippen molar-refractivity contribution in [3.05, 3.63) is 102 Å². The zero-order valence-electron chi connectivity index (χ0n) is 20.3. The van der Waals surface area contributed by atoms with Gasteiger partial charge in [-0.1, -0.05) is 36.4 Å². The molecule has 0 spiro atoms. The van der Waals surface area contributed by atoms with Gasteiger partial charge >= 0.3 is 0 Å². The average molecular weight is 519 g/mol. The maximum Gasteiger partial charge on any atom is 0.264 e. The van der Waals surface area contributed by atoms with Crippen molar-refractivity contribution in [1.29, 1.82) is 0 Å². The number of carbonyl (C=O) groups is 1. The van der Waals surface area contributed by atoms with Gasteiger partial charge in [0, 0.05) is 60.6 Å². The predicted molar refractivity (Wildman–Crippen MR) is 141 cm³/mol. The van der Waals surface area contributed by atoms with Crippen LogP contribution in [0.15, 0.2) is 90.0 Å². The lowest BCUT2D eigenvalue weighted by molar-refractivity contribution is 0.0473. The van der Waals surface area contributed by atoms with Crippen LogP contribution in [0, 0.1) is 5.82 Å². The number of pyridine rings is 1. The van der Waals surface area contributed by atoms with Crippen molar-refractivity contribution in [1.82, 2.24) is 14.8 Å². The maximum absolute atomic E-state index is 14.0. The summed E-state index contributed by atoms with van der Waals surface area (Å²) in [6.45, 7) is 4.28. The van der Waals surface area contributed by atoms with Gasteiger partial charge in [0.2, 0.25) is 0 Å². The summed E-state index contributed by atoms with van der Waals surface area (Å²) in [7, 11) is -3.88. The molecule has 4 aromatic rings. The number of nitrogens with zero attached hydrogens (tertiary/aromatic N) is 3. The van der Waals surface area contributed by atoms with Crippen molar-refractivity contribution in [3.63, 3.8) is 0 Å².